The molecule has 19 heavy (non-hydrogen) atoms. The van der Waals surface area contributed by atoms with Gasteiger partial charge in [0.05, 0.1) is 5.56 Å². The Morgan fingerprint density at radius 3 is 1.84 bits per heavy atom. The van der Waals surface area contributed by atoms with Gasteiger partial charge in [-0.3, -0.25) is 9.59 Å². The van der Waals surface area contributed by atoms with Crippen LogP contribution < -0.4 is 5.32 Å². The van der Waals surface area contributed by atoms with Gasteiger partial charge >= 0.3 is 6.18 Å². The summed E-state index contributed by atoms with van der Waals surface area (Å²) in [6.45, 7) is 5.10. The first-order valence-corrected chi connectivity index (χ1v) is 5.55. The van der Waals surface area contributed by atoms with Crippen LogP contribution in [0.15, 0.2) is 24.3 Å². The van der Waals surface area contributed by atoms with Crippen molar-refractivity contribution >= 4 is 11.7 Å². The zero-order valence-electron chi connectivity index (χ0n) is 10.8. The summed E-state index contributed by atoms with van der Waals surface area (Å²) in [5, 5.41) is 2.45. The van der Waals surface area contributed by atoms with Gasteiger partial charge in [0.2, 0.25) is 5.78 Å². The van der Waals surface area contributed by atoms with Crippen LogP contribution in [0.1, 0.15) is 36.7 Å². The molecule has 1 amide bonds. The fourth-order valence-electron chi connectivity index (χ4n) is 1.34. The summed E-state index contributed by atoms with van der Waals surface area (Å²) in [7, 11) is 0. The number of hydrogen-bond acceptors (Lipinski definition) is 2. The average Bonchev–Trinajstić information content (AvgIpc) is 2.24. The summed E-state index contributed by atoms with van der Waals surface area (Å²) in [5.41, 5.74) is -1.52. The molecule has 0 spiro atoms. The lowest BCUT2D eigenvalue weighted by molar-refractivity contribution is -0.137. The second kappa shape index (κ2) is 5.03. The minimum absolute atomic E-state index is 0.0743. The summed E-state index contributed by atoms with van der Waals surface area (Å²) in [6.07, 6.45) is -4.46. The maximum Gasteiger partial charge on any atom is 0.416 e. The van der Waals surface area contributed by atoms with E-state index in [4.69, 9.17) is 0 Å². The lowest BCUT2D eigenvalue weighted by Crippen LogP contribution is -2.44. The quantitative estimate of drug-likeness (QED) is 0.665. The fourth-order valence-corrected chi connectivity index (χ4v) is 1.34. The molecule has 1 aromatic carbocycles. The molecular formula is C13H14F3NO2. The molecular weight excluding hydrogens is 259 g/mol. The van der Waals surface area contributed by atoms with E-state index in [-0.39, 0.29) is 5.56 Å². The normalized spacial score (nSPS) is 12.1. The molecule has 0 aromatic heterocycles. The first kappa shape index (κ1) is 15.2. The zero-order valence-corrected chi connectivity index (χ0v) is 10.8. The van der Waals surface area contributed by atoms with Crippen molar-refractivity contribution in [1.29, 1.82) is 0 Å². The van der Waals surface area contributed by atoms with Crippen LogP contribution in [0.5, 0.6) is 0 Å². The molecule has 6 heteroatoms. The van der Waals surface area contributed by atoms with Gasteiger partial charge in [-0.05, 0) is 32.9 Å². The molecule has 0 aliphatic carbocycles. The standard InChI is InChI=1S/C13H14F3NO2/c1-12(2,3)17-11(19)10(18)8-4-6-9(7-5-8)13(14,15)16/h4-7H,1-3H3,(H,17,19). The van der Waals surface area contributed by atoms with E-state index in [0.717, 1.165) is 24.3 Å². The molecule has 0 aliphatic heterocycles. The Labute approximate surface area is 108 Å². The number of nitrogens with one attached hydrogen (secondary N) is 1. The van der Waals surface area contributed by atoms with Crippen LogP contribution in [-0.4, -0.2) is 17.2 Å². The van der Waals surface area contributed by atoms with E-state index in [1.54, 1.807) is 20.8 Å². The van der Waals surface area contributed by atoms with Gasteiger partial charge in [0.1, 0.15) is 0 Å². The van der Waals surface area contributed by atoms with E-state index in [1.807, 2.05) is 0 Å². The van der Waals surface area contributed by atoms with Crippen molar-refractivity contribution in [1.82, 2.24) is 5.32 Å². The zero-order chi connectivity index (χ0) is 14.8. The van der Waals surface area contributed by atoms with Crippen molar-refractivity contribution in [3.63, 3.8) is 0 Å². The predicted molar refractivity (Wildman–Crippen MR) is 63.7 cm³/mol. The Morgan fingerprint density at radius 2 is 1.47 bits per heavy atom. The van der Waals surface area contributed by atoms with Crippen LogP contribution in [0.4, 0.5) is 13.2 Å². The monoisotopic (exact) mass is 273 g/mol. The van der Waals surface area contributed by atoms with E-state index >= 15 is 0 Å². The molecule has 1 aromatic rings. The lowest BCUT2D eigenvalue weighted by Gasteiger charge is -2.19. The van der Waals surface area contributed by atoms with Gasteiger partial charge in [-0.25, -0.2) is 0 Å². The van der Waals surface area contributed by atoms with Crippen LogP contribution in [-0.2, 0) is 11.0 Å². The summed E-state index contributed by atoms with van der Waals surface area (Å²) < 4.78 is 37.0. The van der Waals surface area contributed by atoms with E-state index in [1.165, 1.54) is 0 Å². The number of benzene rings is 1. The number of carbonyl (C=O) groups excluding carboxylic acids is 2. The van der Waals surface area contributed by atoms with Crippen LogP contribution >= 0.6 is 0 Å². The molecule has 0 atom stereocenters. The van der Waals surface area contributed by atoms with Crippen molar-refractivity contribution in [3.8, 4) is 0 Å². The van der Waals surface area contributed by atoms with Crippen LogP contribution in [0.3, 0.4) is 0 Å². The van der Waals surface area contributed by atoms with E-state index < -0.39 is 29.0 Å². The second-order valence-electron chi connectivity index (χ2n) is 5.11. The number of alkyl halides is 3. The highest BCUT2D eigenvalue weighted by Gasteiger charge is 2.30. The average molecular weight is 273 g/mol. The third kappa shape index (κ3) is 4.39. The topological polar surface area (TPSA) is 46.2 Å². The van der Waals surface area contributed by atoms with E-state index in [9.17, 15) is 22.8 Å². The van der Waals surface area contributed by atoms with Crippen molar-refractivity contribution in [2.45, 2.75) is 32.5 Å². The number of halogens is 3. The van der Waals surface area contributed by atoms with Gasteiger partial charge < -0.3 is 5.32 Å². The Balaban J connectivity index is 2.87. The van der Waals surface area contributed by atoms with Crippen molar-refractivity contribution < 1.29 is 22.8 Å². The molecule has 0 bridgehead atoms. The summed E-state index contributed by atoms with van der Waals surface area (Å²) in [5.74, 6) is -1.70. The first-order chi connectivity index (χ1) is 8.50. The maximum atomic E-state index is 12.3. The minimum Gasteiger partial charge on any atom is -0.345 e. The highest BCUT2D eigenvalue weighted by Crippen LogP contribution is 2.29. The number of hydrogen-bond donors (Lipinski definition) is 1. The first-order valence-electron chi connectivity index (χ1n) is 5.55. The Bertz CT molecular complexity index is 484. The van der Waals surface area contributed by atoms with Gasteiger partial charge in [0.15, 0.2) is 0 Å². The van der Waals surface area contributed by atoms with Gasteiger partial charge in [-0.1, -0.05) is 12.1 Å². The number of carbonyl (C=O) groups is 2. The van der Waals surface area contributed by atoms with Gasteiger partial charge in [-0.2, -0.15) is 13.2 Å². The van der Waals surface area contributed by atoms with Crippen molar-refractivity contribution in [3.05, 3.63) is 35.4 Å². The molecule has 0 heterocycles. The van der Waals surface area contributed by atoms with Gasteiger partial charge in [-0.15, -0.1) is 0 Å². The fraction of sp³-hybridized carbons (Fsp3) is 0.385. The third-order valence-electron chi connectivity index (χ3n) is 2.17. The highest BCUT2D eigenvalue weighted by atomic mass is 19.4. The van der Waals surface area contributed by atoms with Gasteiger partial charge in [0, 0.05) is 11.1 Å². The SMILES string of the molecule is CC(C)(C)NC(=O)C(=O)c1ccc(C(F)(F)F)cc1. The third-order valence-corrected chi connectivity index (χ3v) is 2.17. The number of ketones is 1. The van der Waals surface area contributed by atoms with E-state index in [2.05, 4.69) is 5.32 Å². The predicted octanol–water partition coefficient (Wildman–Crippen LogP) is 2.80. The molecule has 0 saturated heterocycles. The van der Waals surface area contributed by atoms with Crippen LogP contribution in [0.2, 0.25) is 0 Å². The number of amides is 1. The van der Waals surface area contributed by atoms with Crippen LogP contribution in [0, 0.1) is 0 Å². The minimum atomic E-state index is -4.46. The van der Waals surface area contributed by atoms with Crippen molar-refractivity contribution in [2.24, 2.45) is 0 Å². The Morgan fingerprint density at radius 1 is 1.00 bits per heavy atom. The molecule has 0 fully saturated rings. The second-order valence-corrected chi connectivity index (χ2v) is 5.11. The Kier molecular flexibility index (Phi) is 4.03. The van der Waals surface area contributed by atoms with E-state index in [0.29, 0.717) is 0 Å². The molecule has 3 nitrogen and oxygen atoms in total. The highest BCUT2D eigenvalue weighted by molar-refractivity contribution is 6.42. The largest absolute Gasteiger partial charge is 0.416 e. The van der Waals surface area contributed by atoms with Crippen LogP contribution in [0.25, 0.3) is 0 Å². The molecule has 0 unspecified atom stereocenters. The number of rotatable bonds is 2. The lowest BCUT2D eigenvalue weighted by atomic mass is 10.1. The summed E-state index contributed by atoms with van der Waals surface area (Å²) in [6, 6.07) is 3.54. The molecule has 0 radical (unpaired) electrons. The molecule has 1 N–H and O–H groups in total. The van der Waals surface area contributed by atoms with Crippen molar-refractivity contribution in [2.75, 3.05) is 0 Å². The molecule has 1 rings (SSSR count). The molecule has 0 aliphatic rings. The molecule has 0 saturated carbocycles. The summed E-state index contributed by atoms with van der Waals surface area (Å²) >= 11 is 0. The summed E-state index contributed by atoms with van der Waals surface area (Å²) in [4.78, 5) is 23.2. The number of Topliss-reactive ketones (excluding diaryl/α,β-unsaturated/α-hetero) is 1. The maximum absolute atomic E-state index is 12.3. The smallest absolute Gasteiger partial charge is 0.345 e. The Hall–Kier alpha value is -1.85. The molecule has 104 valence electrons. The van der Waals surface area contributed by atoms with Gasteiger partial charge in [0.25, 0.3) is 5.91 Å².